The van der Waals surface area contributed by atoms with Crippen molar-refractivity contribution in [1.82, 2.24) is 44.9 Å². The van der Waals surface area contributed by atoms with Crippen molar-refractivity contribution in [2.45, 2.75) is 25.8 Å². The lowest BCUT2D eigenvalue weighted by Crippen LogP contribution is -2.44. The van der Waals surface area contributed by atoms with Crippen molar-refractivity contribution in [3.05, 3.63) is 48.7 Å². The summed E-state index contributed by atoms with van der Waals surface area (Å²) in [6.07, 6.45) is 13.4. The number of piperidine rings is 1. The van der Waals surface area contributed by atoms with Gasteiger partial charge in [-0.3, -0.25) is 25.0 Å². The third-order valence-electron chi connectivity index (χ3n) is 7.84. The molecule has 0 aliphatic carbocycles. The zero-order chi connectivity index (χ0) is 25.5. The first-order valence-corrected chi connectivity index (χ1v) is 13.5. The predicted octanol–water partition coefficient (Wildman–Crippen LogP) is 3.70. The maximum atomic E-state index is 5.01. The number of aromatic amines is 2. The average Bonchev–Trinajstić information content (AvgIpc) is 3.58. The fourth-order valence-corrected chi connectivity index (χ4v) is 5.65. The number of hydrogen-bond acceptors (Lipinski definition) is 8. The molecule has 0 unspecified atom stereocenters. The van der Waals surface area contributed by atoms with E-state index in [-0.39, 0.29) is 0 Å². The summed E-state index contributed by atoms with van der Waals surface area (Å²) in [6, 6.07) is 4.30. The highest BCUT2D eigenvalue weighted by Crippen LogP contribution is 2.32. The highest BCUT2D eigenvalue weighted by atomic mass is 15.3. The third-order valence-corrected chi connectivity index (χ3v) is 7.84. The molecule has 7 heterocycles. The molecule has 0 bridgehead atoms. The molecular weight excluding hydrogens is 476 g/mol. The summed E-state index contributed by atoms with van der Waals surface area (Å²) in [5.74, 6) is 0.726. The molecule has 0 saturated carbocycles. The first kappa shape index (κ1) is 23.2. The summed E-state index contributed by atoms with van der Waals surface area (Å²) >= 11 is 0. The van der Waals surface area contributed by atoms with Crippen LogP contribution in [0, 0.1) is 0 Å². The van der Waals surface area contributed by atoms with E-state index < -0.39 is 0 Å². The van der Waals surface area contributed by atoms with Gasteiger partial charge in [-0.2, -0.15) is 5.10 Å². The number of fused-ring (bicyclic) bond motifs is 2. The van der Waals surface area contributed by atoms with Gasteiger partial charge < -0.3 is 14.8 Å². The minimum atomic E-state index is 0.726. The van der Waals surface area contributed by atoms with Crippen LogP contribution in [-0.2, 0) is 6.54 Å². The topological polar surface area (TPSA) is 106 Å². The number of nitrogens with one attached hydrogen (secondary N) is 2. The number of nitrogens with zero attached hydrogens (tertiary/aromatic N) is 8. The van der Waals surface area contributed by atoms with Crippen LogP contribution in [0.15, 0.2) is 43.1 Å². The molecular formula is C28H32N10. The Morgan fingerprint density at radius 3 is 2.55 bits per heavy atom. The lowest BCUT2D eigenvalue weighted by Gasteiger charge is -2.33. The minimum Gasteiger partial charge on any atom is -0.366 e. The van der Waals surface area contributed by atoms with Gasteiger partial charge in [0.15, 0.2) is 5.82 Å². The number of anilines is 1. The van der Waals surface area contributed by atoms with E-state index in [1.54, 1.807) is 0 Å². The van der Waals surface area contributed by atoms with Crippen LogP contribution in [0.5, 0.6) is 0 Å². The molecule has 7 rings (SSSR count). The van der Waals surface area contributed by atoms with Crippen LogP contribution in [0.4, 0.5) is 5.69 Å². The van der Waals surface area contributed by atoms with E-state index in [4.69, 9.17) is 9.97 Å². The summed E-state index contributed by atoms with van der Waals surface area (Å²) in [7, 11) is 2.16. The predicted molar refractivity (Wildman–Crippen MR) is 149 cm³/mol. The molecule has 2 N–H and O–H groups in total. The van der Waals surface area contributed by atoms with Crippen molar-refractivity contribution >= 4 is 27.6 Å². The molecule has 0 atom stereocenters. The molecule has 38 heavy (non-hydrogen) atoms. The largest absolute Gasteiger partial charge is 0.366 e. The van der Waals surface area contributed by atoms with Crippen molar-refractivity contribution in [2.24, 2.45) is 0 Å². The molecule has 0 aromatic carbocycles. The molecule has 10 heteroatoms. The maximum Gasteiger partial charge on any atom is 0.159 e. The summed E-state index contributed by atoms with van der Waals surface area (Å²) in [5, 5.41) is 8.73. The van der Waals surface area contributed by atoms with E-state index in [0.29, 0.717) is 0 Å². The molecule has 2 fully saturated rings. The van der Waals surface area contributed by atoms with E-state index in [1.807, 2.05) is 31.0 Å². The van der Waals surface area contributed by atoms with Crippen LogP contribution in [-0.4, -0.2) is 91.2 Å². The SMILES string of the molecule is CN1CCN(c2cncc3[nH]c(-c4n[nH]c5cnc(-c6cncc(CN7CCCCC7)c6)cc45)nc23)CC1. The fourth-order valence-electron chi connectivity index (χ4n) is 5.65. The molecule has 0 amide bonds. The normalized spacial score (nSPS) is 17.6. The first-order chi connectivity index (χ1) is 18.7. The number of aromatic nitrogens is 7. The Balaban J connectivity index is 1.22. The van der Waals surface area contributed by atoms with Crippen molar-refractivity contribution in [1.29, 1.82) is 0 Å². The van der Waals surface area contributed by atoms with Crippen molar-refractivity contribution in [3.63, 3.8) is 0 Å². The zero-order valence-electron chi connectivity index (χ0n) is 21.7. The molecule has 2 aliphatic heterocycles. The van der Waals surface area contributed by atoms with Gasteiger partial charge in [0.25, 0.3) is 0 Å². The van der Waals surface area contributed by atoms with Crippen LogP contribution in [0.3, 0.4) is 0 Å². The molecule has 0 radical (unpaired) electrons. The van der Waals surface area contributed by atoms with Gasteiger partial charge in [-0.1, -0.05) is 6.42 Å². The number of pyridine rings is 3. The van der Waals surface area contributed by atoms with Crippen molar-refractivity contribution in [3.8, 4) is 22.8 Å². The van der Waals surface area contributed by atoms with Crippen molar-refractivity contribution in [2.75, 3.05) is 51.2 Å². The molecule has 2 aliphatic rings. The van der Waals surface area contributed by atoms with Gasteiger partial charge in [0, 0.05) is 56.1 Å². The average molecular weight is 509 g/mol. The van der Waals surface area contributed by atoms with Gasteiger partial charge in [-0.15, -0.1) is 0 Å². The number of rotatable bonds is 5. The number of hydrogen-bond donors (Lipinski definition) is 2. The van der Waals surface area contributed by atoms with Gasteiger partial charge in [0.2, 0.25) is 0 Å². The number of piperazine rings is 1. The van der Waals surface area contributed by atoms with Crippen LogP contribution >= 0.6 is 0 Å². The Kier molecular flexibility index (Phi) is 5.98. The van der Waals surface area contributed by atoms with E-state index in [1.165, 1.54) is 24.8 Å². The highest BCUT2D eigenvalue weighted by molar-refractivity contribution is 5.96. The smallest absolute Gasteiger partial charge is 0.159 e. The zero-order valence-corrected chi connectivity index (χ0v) is 21.7. The van der Waals surface area contributed by atoms with Crippen molar-refractivity contribution < 1.29 is 0 Å². The van der Waals surface area contributed by atoms with Gasteiger partial charge >= 0.3 is 0 Å². The monoisotopic (exact) mass is 508 g/mol. The van der Waals surface area contributed by atoms with Gasteiger partial charge in [-0.05, 0) is 50.7 Å². The fraction of sp³-hybridized carbons (Fsp3) is 0.393. The number of likely N-dealkylation sites (tertiary alicyclic amines) is 1. The van der Waals surface area contributed by atoms with Gasteiger partial charge in [0.1, 0.15) is 11.2 Å². The van der Waals surface area contributed by atoms with Crippen LogP contribution in [0.25, 0.3) is 44.7 Å². The lowest BCUT2D eigenvalue weighted by atomic mass is 10.1. The maximum absolute atomic E-state index is 5.01. The second-order valence-electron chi connectivity index (χ2n) is 10.5. The summed E-state index contributed by atoms with van der Waals surface area (Å²) in [4.78, 5) is 29.5. The van der Waals surface area contributed by atoms with E-state index in [9.17, 15) is 0 Å². The quantitative estimate of drug-likeness (QED) is 0.370. The van der Waals surface area contributed by atoms with Crippen LogP contribution < -0.4 is 4.90 Å². The van der Waals surface area contributed by atoms with Gasteiger partial charge in [-0.25, -0.2) is 4.98 Å². The Labute approximate surface area is 221 Å². The number of likely N-dealkylation sites (N-methyl/N-ethyl adjacent to an activating group) is 1. The van der Waals surface area contributed by atoms with Crippen LogP contribution in [0.2, 0.25) is 0 Å². The Morgan fingerprint density at radius 2 is 1.68 bits per heavy atom. The van der Waals surface area contributed by atoms with E-state index in [0.717, 1.165) is 96.2 Å². The molecule has 5 aromatic rings. The molecule has 5 aromatic heterocycles. The summed E-state index contributed by atoms with van der Waals surface area (Å²) < 4.78 is 0. The Morgan fingerprint density at radius 1 is 0.842 bits per heavy atom. The van der Waals surface area contributed by atoms with Crippen LogP contribution in [0.1, 0.15) is 24.8 Å². The van der Waals surface area contributed by atoms with E-state index >= 15 is 0 Å². The van der Waals surface area contributed by atoms with E-state index in [2.05, 4.69) is 59.0 Å². The Bertz CT molecular complexity index is 1570. The molecule has 0 spiro atoms. The highest BCUT2D eigenvalue weighted by Gasteiger charge is 2.21. The van der Waals surface area contributed by atoms with Gasteiger partial charge in [0.05, 0.1) is 41.0 Å². The molecule has 194 valence electrons. The second kappa shape index (κ2) is 9.77. The first-order valence-electron chi connectivity index (χ1n) is 13.5. The summed E-state index contributed by atoms with van der Waals surface area (Å²) in [5.41, 5.74) is 7.68. The number of H-pyrrole nitrogens is 2. The third kappa shape index (κ3) is 4.39. The minimum absolute atomic E-state index is 0.726. The Hall–Kier alpha value is -3.89. The molecule has 2 saturated heterocycles. The second-order valence-corrected chi connectivity index (χ2v) is 10.5. The lowest BCUT2D eigenvalue weighted by molar-refractivity contribution is 0.220. The number of imidazole rings is 1. The standard InChI is InChI=1S/C28H32N10/c1-36-7-9-38(10-8-36)25-17-30-15-24-27(25)33-28(32-24)26-21-12-22(31-16-23(21)34-35-26)20-11-19(13-29-14-20)18-37-5-3-2-4-6-37/h11-17H,2-10,18H2,1H3,(H,32,33)(H,34,35). The molecule has 10 nitrogen and oxygen atoms in total. The summed E-state index contributed by atoms with van der Waals surface area (Å²) in [6.45, 7) is 7.24.